The molecule has 0 aromatic heterocycles. The fourth-order valence-electron chi connectivity index (χ4n) is 2.66. The summed E-state index contributed by atoms with van der Waals surface area (Å²) in [5.74, 6) is 0. The normalized spacial score (nSPS) is 16.4. The minimum absolute atomic E-state index is 0.172. The molecule has 0 amide bonds. The van der Waals surface area contributed by atoms with Crippen LogP contribution in [0.2, 0.25) is 0 Å². The highest BCUT2D eigenvalue weighted by atomic mass is 15.2. The van der Waals surface area contributed by atoms with E-state index in [2.05, 4.69) is 67.2 Å². The van der Waals surface area contributed by atoms with Gasteiger partial charge in [0.2, 0.25) is 0 Å². The summed E-state index contributed by atoms with van der Waals surface area (Å²) in [6.45, 7) is 12.4. The van der Waals surface area contributed by atoms with Gasteiger partial charge in [-0.1, -0.05) is 12.1 Å². The van der Waals surface area contributed by atoms with Gasteiger partial charge in [-0.2, -0.15) is 0 Å². The van der Waals surface area contributed by atoms with Crippen molar-refractivity contribution in [1.82, 2.24) is 10.2 Å². The van der Waals surface area contributed by atoms with Crippen molar-refractivity contribution in [1.29, 1.82) is 0 Å². The fourth-order valence-corrected chi connectivity index (χ4v) is 2.66. The van der Waals surface area contributed by atoms with E-state index in [0.29, 0.717) is 0 Å². The van der Waals surface area contributed by atoms with Crippen LogP contribution in [0, 0.1) is 0 Å². The molecular formula is C18H31N3. The number of hydrogen-bond donors (Lipinski definition) is 1. The van der Waals surface area contributed by atoms with Gasteiger partial charge in [0.05, 0.1) is 0 Å². The molecular weight excluding hydrogens is 258 g/mol. The molecule has 1 fully saturated rings. The van der Waals surface area contributed by atoms with Crippen LogP contribution >= 0.6 is 0 Å². The molecule has 1 aliphatic heterocycles. The zero-order valence-corrected chi connectivity index (χ0v) is 14.2. The summed E-state index contributed by atoms with van der Waals surface area (Å²) in [4.78, 5) is 4.93. The van der Waals surface area contributed by atoms with E-state index in [0.717, 1.165) is 13.1 Å². The van der Waals surface area contributed by atoms with Crippen molar-refractivity contribution in [2.24, 2.45) is 0 Å². The second kappa shape index (κ2) is 7.28. The molecule has 0 unspecified atom stereocenters. The Balaban J connectivity index is 1.80. The first-order valence-corrected chi connectivity index (χ1v) is 8.21. The average Bonchev–Trinajstić information content (AvgIpc) is 2.95. The lowest BCUT2D eigenvalue weighted by Gasteiger charge is -2.24. The van der Waals surface area contributed by atoms with Crippen molar-refractivity contribution in [3.8, 4) is 0 Å². The SMILES string of the molecule is CN(CCN1CCCC1)c1ccc(CNC(C)(C)C)cc1. The minimum Gasteiger partial charge on any atom is -0.373 e. The van der Waals surface area contributed by atoms with E-state index in [1.807, 2.05) is 0 Å². The summed E-state index contributed by atoms with van der Waals surface area (Å²) in [7, 11) is 2.19. The Labute approximate surface area is 130 Å². The highest BCUT2D eigenvalue weighted by molar-refractivity contribution is 5.46. The number of hydrogen-bond acceptors (Lipinski definition) is 3. The zero-order valence-electron chi connectivity index (χ0n) is 14.2. The van der Waals surface area contributed by atoms with Crippen LogP contribution < -0.4 is 10.2 Å². The Morgan fingerprint density at radius 3 is 2.29 bits per heavy atom. The van der Waals surface area contributed by atoms with Gasteiger partial charge in [0.1, 0.15) is 0 Å². The molecule has 0 aliphatic carbocycles. The van der Waals surface area contributed by atoms with Gasteiger partial charge >= 0.3 is 0 Å². The van der Waals surface area contributed by atoms with E-state index in [9.17, 15) is 0 Å². The number of benzene rings is 1. The molecule has 2 rings (SSSR count). The van der Waals surface area contributed by atoms with Gasteiger partial charge in [0.15, 0.2) is 0 Å². The van der Waals surface area contributed by atoms with E-state index in [4.69, 9.17) is 0 Å². The number of anilines is 1. The van der Waals surface area contributed by atoms with E-state index >= 15 is 0 Å². The first-order chi connectivity index (χ1) is 9.94. The lowest BCUT2D eigenvalue weighted by molar-refractivity contribution is 0.346. The Hall–Kier alpha value is -1.06. The number of nitrogens with zero attached hydrogens (tertiary/aromatic N) is 2. The maximum absolute atomic E-state index is 3.53. The third-order valence-electron chi connectivity index (χ3n) is 4.15. The molecule has 1 aromatic rings. The number of rotatable bonds is 6. The van der Waals surface area contributed by atoms with Crippen LogP contribution in [0.1, 0.15) is 39.2 Å². The maximum Gasteiger partial charge on any atom is 0.0364 e. The molecule has 0 saturated carbocycles. The van der Waals surface area contributed by atoms with Crippen LogP contribution in [-0.2, 0) is 6.54 Å². The van der Waals surface area contributed by atoms with Gasteiger partial charge in [-0.05, 0) is 64.4 Å². The predicted molar refractivity (Wildman–Crippen MR) is 92.0 cm³/mol. The summed E-state index contributed by atoms with van der Waals surface area (Å²) in [5, 5.41) is 3.53. The van der Waals surface area contributed by atoms with Crippen molar-refractivity contribution in [2.45, 2.75) is 45.7 Å². The van der Waals surface area contributed by atoms with Crippen molar-refractivity contribution in [2.75, 3.05) is 38.1 Å². The molecule has 1 aromatic carbocycles. The number of likely N-dealkylation sites (tertiary alicyclic amines) is 1. The Morgan fingerprint density at radius 1 is 1.10 bits per heavy atom. The van der Waals surface area contributed by atoms with Gasteiger partial charge in [0, 0.05) is 37.9 Å². The molecule has 0 spiro atoms. The van der Waals surface area contributed by atoms with Crippen LogP contribution in [-0.4, -0.2) is 43.7 Å². The molecule has 3 nitrogen and oxygen atoms in total. The molecule has 1 N–H and O–H groups in total. The predicted octanol–water partition coefficient (Wildman–Crippen LogP) is 3.11. The summed E-state index contributed by atoms with van der Waals surface area (Å²) in [6.07, 6.45) is 2.75. The molecule has 1 heterocycles. The molecule has 1 saturated heterocycles. The second-order valence-corrected chi connectivity index (χ2v) is 7.24. The van der Waals surface area contributed by atoms with Crippen LogP contribution in [0.15, 0.2) is 24.3 Å². The van der Waals surface area contributed by atoms with Crippen molar-refractivity contribution < 1.29 is 0 Å². The lowest BCUT2D eigenvalue weighted by Crippen LogP contribution is -2.35. The Morgan fingerprint density at radius 2 is 1.71 bits per heavy atom. The van der Waals surface area contributed by atoms with Crippen molar-refractivity contribution in [3.05, 3.63) is 29.8 Å². The maximum atomic E-state index is 3.53. The first kappa shape index (κ1) is 16.3. The van der Waals surface area contributed by atoms with Crippen molar-refractivity contribution in [3.63, 3.8) is 0 Å². The topological polar surface area (TPSA) is 18.5 Å². The highest BCUT2D eigenvalue weighted by Gasteiger charge is 2.12. The monoisotopic (exact) mass is 289 g/mol. The summed E-state index contributed by atoms with van der Waals surface area (Å²) in [5.41, 5.74) is 2.83. The zero-order chi connectivity index (χ0) is 15.3. The average molecular weight is 289 g/mol. The summed E-state index contributed by atoms with van der Waals surface area (Å²) < 4.78 is 0. The molecule has 0 bridgehead atoms. The highest BCUT2D eigenvalue weighted by Crippen LogP contribution is 2.15. The summed E-state index contributed by atoms with van der Waals surface area (Å²) in [6, 6.07) is 8.95. The van der Waals surface area contributed by atoms with Crippen LogP contribution in [0.4, 0.5) is 5.69 Å². The van der Waals surface area contributed by atoms with E-state index in [-0.39, 0.29) is 5.54 Å². The van der Waals surface area contributed by atoms with Gasteiger partial charge in [0.25, 0.3) is 0 Å². The third-order valence-corrected chi connectivity index (χ3v) is 4.15. The second-order valence-electron chi connectivity index (χ2n) is 7.24. The molecule has 21 heavy (non-hydrogen) atoms. The third kappa shape index (κ3) is 5.68. The van der Waals surface area contributed by atoms with E-state index in [1.165, 1.54) is 43.7 Å². The van der Waals surface area contributed by atoms with Gasteiger partial charge in [-0.3, -0.25) is 0 Å². The van der Waals surface area contributed by atoms with Crippen molar-refractivity contribution >= 4 is 5.69 Å². The molecule has 3 heteroatoms. The van der Waals surface area contributed by atoms with E-state index < -0.39 is 0 Å². The first-order valence-electron chi connectivity index (χ1n) is 8.21. The fraction of sp³-hybridized carbons (Fsp3) is 0.667. The van der Waals surface area contributed by atoms with Gasteiger partial charge in [-0.15, -0.1) is 0 Å². The molecule has 118 valence electrons. The standard InChI is InChI=1S/C18H31N3/c1-18(2,3)19-15-16-7-9-17(10-8-16)20(4)13-14-21-11-5-6-12-21/h7-10,19H,5-6,11-15H2,1-4H3. The van der Waals surface area contributed by atoms with Crippen LogP contribution in [0.25, 0.3) is 0 Å². The van der Waals surface area contributed by atoms with Gasteiger partial charge < -0.3 is 15.1 Å². The molecule has 1 aliphatic rings. The molecule has 0 atom stereocenters. The quantitative estimate of drug-likeness (QED) is 0.868. The smallest absolute Gasteiger partial charge is 0.0364 e. The van der Waals surface area contributed by atoms with Gasteiger partial charge in [-0.25, -0.2) is 0 Å². The lowest BCUT2D eigenvalue weighted by atomic mass is 10.1. The van der Waals surface area contributed by atoms with Crippen LogP contribution in [0.5, 0.6) is 0 Å². The minimum atomic E-state index is 0.172. The Bertz CT molecular complexity index is 413. The van der Waals surface area contributed by atoms with Crippen LogP contribution in [0.3, 0.4) is 0 Å². The van der Waals surface area contributed by atoms with E-state index in [1.54, 1.807) is 0 Å². The largest absolute Gasteiger partial charge is 0.373 e. The summed E-state index contributed by atoms with van der Waals surface area (Å²) >= 11 is 0. The number of nitrogens with one attached hydrogen (secondary N) is 1. The molecule has 0 radical (unpaired) electrons. The number of likely N-dealkylation sites (N-methyl/N-ethyl adjacent to an activating group) is 1. The Kier molecular flexibility index (Phi) is 5.65.